The molecular formula is C8H8O3S. The lowest BCUT2D eigenvalue weighted by Crippen LogP contribution is -2.14. The van der Waals surface area contributed by atoms with E-state index in [2.05, 4.69) is 0 Å². The summed E-state index contributed by atoms with van der Waals surface area (Å²) in [4.78, 5) is 22.4. The van der Waals surface area contributed by atoms with Gasteiger partial charge in [-0.25, -0.2) is 0 Å². The molecule has 0 saturated carbocycles. The van der Waals surface area contributed by atoms with E-state index in [1.54, 1.807) is 0 Å². The van der Waals surface area contributed by atoms with Gasteiger partial charge in [-0.2, -0.15) is 0 Å². The fourth-order valence-corrected chi connectivity index (χ4v) is 1.41. The van der Waals surface area contributed by atoms with Crippen LogP contribution < -0.4 is 0 Å². The highest BCUT2D eigenvalue weighted by Crippen LogP contribution is 2.24. The van der Waals surface area contributed by atoms with Crippen LogP contribution in [0.2, 0.25) is 0 Å². The second-order valence-electron chi connectivity index (χ2n) is 2.15. The van der Waals surface area contributed by atoms with Gasteiger partial charge in [-0.3, -0.25) is 9.59 Å². The summed E-state index contributed by atoms with van der Waals surface area (Å²) in [6, 6.07) is 0. The largest absolute Gasteiger partial charge is 0.495 e. The topological polar surface area (TPSA) is 43.4 Å². The number of allylic oxidation sites excluding steroid dienone is 2. The molecule has 0 bridgehead atoms. The van der Waals surface area contributed by atoms with Crippen LogP contribution in [0.5, 0.6) is 0 Å². The maximum Gasteiger partial charge on any atom is 0.229 e. The molecule has 0 fully saturated rings. The Labute approximate surface area is 74.5 Å². The molecule has 0 radical (unpaired) electrons. The van der Waals surface area contributed by atoms with Crippen LogP contribution in [0.25, 0.3) is 0 Å². The van der Waals surface area contributed by atoms with E-state index in [-0.39, 0.29) is 0 Å². The second kappa shape index (κ2) is 3.58. The van der Waals surface area contributed by atoms with Crippen molar-refractivity contribution in [2.24, 2.45) is 0 Å². The second-order valence-corrected chi connectivity index (χ2v) is 3.00. The zero-order valence-electron chi connectivity index (χ0n) is 6.79. The molecule has 0 heterocycles. The van der Waals surface area contributed by atoms with E-state index in [0.717, 1.165) is 0 Å². The van der Waals surface area contributed by atoms with Crippen molar-refractivity contribution in [1.82, 2.24) is 0 Å². The third kappa shape index (κ3) is 1.58. The fourth-order valence-electron chi connectivity index (χ4n) is 0.842. The molecule has 0 unspecified atom stereocenters. The van der Waals surface area contributed by atoms with Crippen molar-refractivity contribution >= 4 is 23.3 Å². The third-order valence-corrected chi connectivity index (χ3v) is 2.21. The Morgan fingerprint density at radius 2 is 1.83 bits per heavy atom. The van der Waals surface area contributed by atoms with E-state index >= 15 is 0 Å². The maximum absolute atomic E-state index is 10.9. The number of hydrogen-bond donors (Lipinski definition) is 0. The Morgan fingerprint density at radius 3 is 2.33 bits per heavy atom. The first-order chi connectivity index (χ1) is 5.69. The molecule has 3 nitrogen and oxygen atoms in total. The highest BCUT2D eigenvalue weighted by atomic mass is 32.2. The minimum atomic E-state index is -0.523. The lowest BCUT2D eigenvalue weighted by Gasteiger charge is -2.10. The van der Waals surface area contributed by atoms with E-state index in [4.69, 9.17) is 4.74 Å². The van der Waals surface area contributed by atoms with E-state index < -0.39 is 11.6 Å². The van der Waals surface area contributed by atoms with Crippen LogP contribution in [0.1, 0.15) is 0 Å². The highest BCUT2D eigenvalue weighted by molar-refractivity contribution is 8.02. The van der Waals surface area contributed by atoms with Gasteiger partial charge in [0, 0.05) is 12.2 Å². The van der Waals surface area contributed by atoms with E-state index in [0.29, 0.717) is 10.7 Å². The summed E-state index contributed by atoms with van der Waals surface area (Å²) in [6.07, 6.45) is 4.34. The lowest BCUT2D eigenvalue weighted by molar-refractivity contribution is -0.131. The summed E-state index contributed by atoms with van der Waals surface area (Å²) < 4.78 is 4.91. The molecule has 1 aliphatic rings. The first-order valence-electron chi connectivity index (χ1n) is 3.29. The zero-order chi connectivity index (χ0) is 9.14. The standard InChI is InChI=1S/C8H8O3S/c1-11-7-3-5(9)6(10)4-8(7)12-2/h3-4H,1-2H3. The van der Waals surface area contributed by atoms with Crippen LogP contribution >= 0.6 is 11.8 Å². The fraction of sp³-hybridized carbons (Fsp3) is 0.250. The van der Waals surface area contributed by atoms with Crippen molar-refractivity contribution in [2.45, 2.75) is 0 Å². The van der Waals surface area contributed by atoms with Gasteiger partial charge in [0.1, 0.15) is 5.76 Å². The number of ether oxygens (including phenoxy) is 1. The van der Waals surface area contributed by atoms with Crippen molar-refractivity contribution < 1.29 is 14.3 Å². The van der Waals surface area contributed by atoms with Gasteiger partial charge in [-0.1, -0.05) is 0 Å². The molecule has 4 heteroatoms. The van der Waals surface area contributed by atoms with Gasteiger partial charge in [0.05, 0.1) is 12.0 Å². The molecule has 12 heavy (non-hydrogen) atoms. The van der Waals surface area contributed by atoms with Gasteiger partial charge < -0.3 is 4.74 Å². The lowest BCUT2D eigenvalue weighted by atomic mass is 10.1. The molecule has 0 aromatic rings. The van der Waals surface area contributed by atoms with Crippen molar-refractivity contribution in [1.29, 1.82) is 0 Å². The molecular weight excluding hydrogens is 176 g/mol. The zero-order valence-corrected chi connectivity index (χ0v) is 7.60. The molecule has 64 valence electrons. The summed E-state index contributed by atoms with van der Waals surface area (Å²) in [7, 11) is 1.47. The van der Waals surface area contributed by atoms with Crippen molar-refractivity contribution in [2.75, 3.05) is 13.4 Å². The maximum atomic E-state index is 10.9. The molecule has 0 aliphatic heterocycles. The average Bonchev–Trinajstić information content (AvgIpc) is 2.09. The number of thioether (sulfide) groups is 1. The summed E-state index contributed by atoms with van der Waals surface area (Å²) in [6.45, 7) is 0. The summed E-state index contributed by atoms with van der Waals surface area (Å²) in [5, 5.41) is 0. The molecule has 0 amide bonds. The molecule has 0 spiro atoms. The molecule has 0 aromatic heterocycles. The minimum absolute atomic E-state index is 0.465. The number of ketones is 2. The van der Waals surface area contributed by atoms with Crippen molar-refractivity contribution in [3.63, 3.8) is 0 Å². The Hall–Kier alpha value is -1.03. The summed E-state index contributed by atoms with van der Waals surface area (Å²) >= 11 is 1.38. The Bertz CT molecular complexity index is 259. The van der Waals surface area contributed by atoms with Gasteiger partial charge in [-0.15, -0.1) is 11.8 Å². The SMILES string of the molecule is COC1=CC(=O)C(=O)C=C1SC. The monoisotopic (exact) mass is 184 g/mol. The number of hydrogen-bond acceptors (Lipinski definition) is 4. The van der Waals surface area contributed by atoms with Gasteiger partial charge in [0.15, 0.2) is 0 Å². The van der Waals surface area contributed by atoms with Crippen LogP contribution in [-0.2, 0) is 14.3 Å². The van der Waals surface area contributed by atoms with Crippen LogP contribution in [0.3, 0.4) is 0 Å². The summed E-state index contributed by atoms with van der Waals surface area (Å²) in [5.74, 6) is -0.545. The first-order valence-corrected chi connectivity index (χ1v) is 4.51. The normalized spacial score (nSPS) is 17.2. The van der Waals surface area contributed by atoms with Crippen LogP contribution in [0.15, 0.2) is 22.8 Å². The van der Waals surface area contributed by atoms with Crippen molar-refractivity contribution in [3.05, 3.63) is 22.8 Å². The molecule has 0 N–H and O–H groups in total. The van der Waals surface area contributed by atoms with Gasteiger partial charge >= 0.3 is 0 Å². The first kappa shape index (κ1) is 9.06. The molecule has 0 saturated heterocycles. The van der Waals surface area contributed by atoms with Gasteiger partial charge in [0.25, 0.3) is 0 Å². The third-order valence-electron chi connectivity index (χ3n) is 1.45. The van der Waals surface area contributed by atoms with Crippen molar-refractivity contribution in [3.8, 4) is 0 Å². The average molecular weight is 184 g/mol. The minimum Gasteiger partial charge on any atom is -0.495 e. The number of carbonyl (C=O) groups is 2. The predicted molar refractivity (Wildman–Crippen MR) is 46.7 cm³/mol. The van der Waals surface area contributed by atoms with Crippen LogP contribution in [0.4, 0.5) is 0 Å². The number of methoxy groups -OCH3 is 1. The van der Waals surface area contributed by atoms with E-state index in [1.165, 1.54) is 31.0 Å². The smallest absolute Gasteiger partial charge is 0.229 e. The molecule has 1 aliphatic carbocycles. The number of rotatable bonds is 2. The Morgan fingerprint density at radius 1 is 1.25 bits per heavy atom. The highest BCUT2D eigenvalue weighted by Gasteiger charge is 2.19. The predicted octanol–water partition coefficient (Wildman–Crippen LogP) is 0.915. The molecule has 1 rings (SSSR count). The Kier molecular flexibility index (Phi) is 2.70. The number of carbonyl (C=O) groups excluding carboxylic acids is 2. The van der Waals surface area contributed by atoms with E-state index in [9.17, 15) is 9.59 Å². The van der Waals surface area contributed by atoms with Gasteiger partial charge in [0.2, 0.25) is 11.6 Å². The summed E-state index contributed by atoms with van der Waals surface area (Å²) in [5.41, 5.74) is 0. The van der Waals surface area contributed by atoms with Gasteiger partial charge in [-0.05, 0) is 6.26 Å². The Balaban J connectivity index is 3.00. The van der Waals surface area contributed by atoms with E-state index in [1.807, 2.05) is 6.26 Å². The van der Waals surface area contributed by atoms with Crippen LogP contribution in [0, 0.1) is 0 Å². The quantitative estimate of drug-likeness (QED) is 0.472. The molecule has 0 atom stereocenters. The van der Waals surface area contributed by atoms with Crippen LogP contribution in [-0.4, -0.2) is 24.9 Å². The molecule has 0 aromatic carbocycles.